The highest BCUT2D eigenvalue weighted by atomic mass is 32.2. The average Bonchev–Trinajstić information content (AvgIpc) is 3.35. The number of hydrogen-bond acceptors (Lipinski definition) is 6. The van der Waals surface area contributed by atoms with Crippen molar-refractivity contribution in [1.29, 1.82) is 0 Å². The number of thioether (sulfide) groups is 1. The zero-order valence-corrected chi connectivity index (χ0v) is 21.9. The summed E-state index contributed by atoms with van der Waals surface area (Å²) in [6.07, 6.45) is 3.50. The molecule has 2 N–H and O–H groups in total. The van der Waals surface area contributed by atoms with Gasteiger partial charge in [0.25, 0.3) is 0 Å². The van der Waals surface area contributed by atoms with E-state index in [1.54, 1.807) is 24.3 Å². The molecule has 0 aliphatic heterocycles. The molecular formula is C25H31N5O2S2. The van der Waals surface area contributed by atoms with Gasteiger partial charge in [0.05, 0.1) is 10.6 Å². The Kier molecular flexibility index (Phi) is 7.14. The standard InChI is InChI=1S/C25H31N5O2S2/c1-15(31)26-18-7-9-19(10-8-18)27-22(32)14-33-24-29-28-23(30(24)5)21-13-16-12-17(25(2,3)4)6-11-20(16)34-21/h7-10,13,17H,6,11-12,14H2,1-5H3,(H,26,31)(H,27,32). The monoisotopic (exact) mass is 497 g/mol. The number of carbonyl (C=O) groups is 2. The third-order valence-corrected chi connectivity index (χ3v) is 8.44. The fourth-order valence-electron chi connectivity index (χ4n) is 4.20. The summed E-state index contributed by atoms with van der Waals surface area (Å²) < 4.78 is 1.97. The predicted octanol–water partition coefficient (Wildman–Crippen LogP) is 5.38. The molecule has 0 bridgehead atoms. The summed E-state index contributed by atoms with van der Waals surface area (Å²) in [6, 6.07) is 9.31. The van der Waals surface area contributed by atoms with E-state index in [0.717, 1.165) is 23.5 Å². The summed E-state index contributed by atoms with van der Waals surface area (Å²) >= 11 is 3.19. The predicted molar refractivity (Wildman–Crippen MR) is 139 cm³/mol. The van der Waals surface area contributed by atoms with Gasteiger partial charge in [-0.05, 0) is 66.5 Å². The molecular weight excluding hydrogens is 466 g/mol. The van der Waals surface area contributed by atoms with Crippen molar-refractivity contribution in [3.05, 3.63) is 40.8 Å². The van der Waals surface area contributed by atoms with Crippen LogP contribution in [0.25, 0.3) is 10.7 Å². The first-order chi connectivity index (χ1) is 16.1. The maximum Gasteiger partial charge on any atom is 0.234 e. The molecule has 2 amide bonds. The zero-order valence-electron chi connectivity index (χ0n) is 20.3. The van der Waals surface area contributed by atoms with E-state index in [2.05, 4.69) is 47.7 Å². The van der Waals surface area contributed by atoms with Crippen LogP contribution in [-0.4, -0.2) is 32.3 Å². The van der Waals surface area contributed by atoms with Crippen molar-refractivity contribution in [3.63, 3.8) is 0 Å². The molecule has 7 nitrogen and oxygen atoms in total. The molecule has 34 heavy (non-hydrogen) atoms. The molecule has 2 heterocycles. The summed E-state index contributed by atoms with van der Waals surface area (Å²) in [4.78, 5) is 26.2. The van der Waals surface area contributed by atoms with Crippen molar-refractivity contribution < 1.29 is 9.59 Å². The van der Waals surface area contributed by atoms with Crippen LogP contribution in [0.1, 0.15) is 44.6 Å². The Balaban J connectivity index is 1.37. The number of amides is 2. The van der Waals surface area contributed by atoms with Gasteiger partial charge in [-0.1, -0.05) is 32.5 Å². The molecule has 0 spiro atoms. The van der Waals surface area contributed by atoms with Crippen molar-refractivity contribution in [2.24, 2.45) is 18.4 Å². The quantitative estimate of drug-likeness (QED) is 0.446. The molecule has 1 atom stereocenters. The number of rotatable bonds is 6. The van der Waals surface area contributed by atoms with E-state index >= 15 is 0 Å². The summed E-state index contributed by atoms with van der Waals surface area (Å²) in [6.45, 7) is 8.46. The third kappa shape index (κ3) is 5.70. The van der Waals surface area contributed by atoms with Crippen molar-refractivity contribution in [2.45, 2.75) is 52.1 Å². The largest absolute Gasteiger partial charge is 0.326 e. The Labute approximate surface area is 208 Å². The highest BCUT2D eigenvalue weighted by molar-refractivity contribution is 7.99. The second kappa shape index (κ2) is 9.92. The van der Waals surface area contributed by atoms with Crippen LogP contribution in [0.2, 0.25) is 0 Å². The van der Waals surface area contributed by atoms with E-state index in [4.69, 9.17) is 0 Å². The topological polar surface area (TPSA) is 88.9 Å². The molecule has 0 fully saturated rings. The molecule has 2 aromatic heterocycles. The van der Waals surface area contributed by atoms with E-state index < -0.39 is 0 Å². The van der Waals surface area contributed by atoms with Crippen LogP contribution in [0.5, 0.6) is 0 Å². The minimum atomic E-state index is -0.131. The average molecular weight is 498 g/mol. The van der Waals surface area contributed by atoms with Gasteiger partial charge in [-0.2, -0.15) is 0 Å². The number of nitrogens with zero attached hydrogens (tertiary/aromatic N) is 3. The van der Waals surface area contributed by atoms with Gasteiger partial charge in [0, 0.05) is 30.2 Å². The lowest BCUT2D eigenvalue weighted by Gasteiger charge is -2.33. The molecule has 3 aromatic rings. The number of benzene rings is 1. The highest BCUT2D eigenvalue weighted by Gasteiger charge is 2.30. The van der Waals surface area contributed by atoms with E-state index in [-0.39, 0.29) is 17.6 Å². The molecule has 9 heteroatoms. The van der Waals surface area contributed by atoms with Gasteiger partial charge < -0.3 is 15.2 Å². The SMILES string of the molecule is CC(=O)Nc1ccc(NC(=O)CSc2nnc(-c3cc4c(s3)CCC(C(C)(C)C)C4)n2C)cc1. The van der Waals surface area contributed by atoms with Gasteiger partial charge in [-0.25, -0.2) is 0 Å². The Morgan fingerprint density at radius 2 is 1.82 bits per heavy atom. The van der Waals surface area contributed by atoms with Gasteiger partial charge >= 0.3 is 0 Å². The van der Waals surface area contributed by atoms with Crippen molar-refractivity contribution in [2.75, 3.05) is 16.4 Å². The fourth-order valence-corrected chi connectivity index (χ4v) is 6.14. The number of aromatic nitrogens is 3. The number of aryl methyl sites for hydroxylation is 1. The van der Waals surface area contributed by atoms with E-state index in [9.17, 15) is 9.59 Å². The fraction of sp³-hybridized carbons (Fsp3) is 0.440. The van der Waals surface area contributed by atoms with Gasteiger partial charge in [0.2, 0.25) is 11.8 Å². The summed E-state index contributed by atoms with van der Waals surface area (Å²) in [5.41, 5.74) is 3.14. The lowest BCUT2D eigenvalue weighted by atomic mass is 9.72. The molecule has 0 radical (unpaired) electrons. The first-order valence-corrected chi connectivity index (χ1v) is 13.2. The minimum absolute atomic E-state index is 0.123. The Morgan fingerprint density at radius 1 is 1.15 bits per heavy atom. The molecule has 1 aliphatic rings. The van der Waals surface area contributed by atoms with E-state index in [1.807, 2.05) is 23.0 Å². The molecule has 0 saturated carbocycles. The maximum atomic E-state index is 12.4. The van der Waals surface area contributed by atoms with E-state index in [1.165, 1.54) is 35.5 Å². The van der Waals surface area contributed by atoms with Crippen LogP contribution in [0.4, 0.5) is 11.4 Å². The van der Waals surface area contributed by atoms with Crippen LogP contribution in [0.3, 0.4) is 0 Å². The summed E-state index contributed by atoms with van der Waals surface area (Å²) in [5, 5.41) is 15.1. The van der Waals surface area contributed by atoms with Crippen LogP contribution in [0.15, 0.2) is 35.5 Å². The maximum absolute atomic E-state index is 12.4. The first kappa shape index (κ1) is 24.5. The van der Waals surface area contributed by atoms with Gasteiger partial charge in [-0.3, -0.25) is 9.59 Å². The van der Waals surface area contributed by atoms with Crippen molar-refractivity contribution in [1.82, 2.24) is 14.8 Å². The molecule has 0 saturated heterocycles. The molecule has 180 valence electrons. The third-order valence-electron chi connectivity index (χ3n) is 6.18. The number of anilines is 2. The molecule has 1 unspecified atom stereocenters. The number of hydrogen-bond donors (Lipinski definition) is 2. The number of thiophene rings is 1. The molecule has 1 aliphatic carbocycles. The number of nitrogens with one attached hydrogen (secondary N) is 2. The van der Waals surface area contributed by atoms with Crippen LogP contribution >= 0.6 is 23.1 Å². The van der Waals surface area contributed by atoms with Crippen molar-refractivity contribution in [3.8, 4) is 10.7 Å². The molecule has 1 aromatic carbocycles. The van der Waals surface area contributed by atoms with Crippen LogP contribution in [0, 0.1) is 11.3 Å². The number of carbonyl (C=O) groups excluding carboxylic acids is 2. The molecule has 4 rings (SSSR count). The Bertz CT molecular complexity index is 1190. The smallest absolute Gasteiger partial charge is 0.234 e. The summed E-state index contributed by atoms with van der Waals surface area (Å²) in [7, 11) is 1.95. The van der Waals surface area contributed by atoms with Gasteiger partial charge in [0.15, 0.2) is 11.0 Å². The zero-order chi connectivity index (χ0) is 24.5. The first-order valence-electron chi connectivity index (χ1n) is 11.4. The second-order valence-corrected chi connectivity index (χ2v) is 11.9. The highest BCUT2D eigenvalue weighted by Crippen LogP contribution is 2.42. The van der Waals surface area contributed by atoms with Gasteiger partial charge in [-0.15, -0.1) is 21.5 Å². The Hall–Kier alpha value is -2.65. The normalized spacial score (nSPS) is 15.6. The number of fused-ring (bicyclic) bond motifs is 1. The lowest BCUT2D eigenvalue weighted by Crippen LogP contribution is -2.26. The Morgan fingerprint density at radius 3 is 2.47 bits per heavy atom. The minimum Gasteiger partial charge on any atom is -0.326 e. The van der Waals surface area contributed by atoms with E-state index in [0.29, 0.717) is 27.9 Å². The lowest BCUT2D eigenvalue weighted by molar-refractivity contribution is -0.114. The van der Waals surface area contributed by atoms with Crippen molar-refractivity contribution >= 4 is 46.3 Å². The van der Waals surface area contributed by atoms with Gasteiger partial charge in [0.1, 0.15) is 0 Å². The van der Waals surface area contributed by atoms with Crippen LogP contribution in [-0.2, 0) is 29.5 Å². The van der Waals surface area contributed by atoms with Crippen LogP contribution < -0.4 is 10.6 Å². The second-order valence-electron chi connectivity index (χ2n) is 9.83. The summed E-state index contributed by atoms with van der Waals surface area (Å²) in [5.74, 6) is 1.53.